The summed E-state index contributed by atoms with van der Waals surface area (Å²) in [7, 11) is 2.05. The topological polar surface area (TPSA) is 62.3 Å². The lowest BCUT2D eigenvalue weighted by Gasteiger charge is -2.36. The van der Waals surface area contributed by atoms with Gasteiger partial charge in [-0.3, -0.25) is 4.90 Å². The van der Waals surface area contributed by atoms with Gasteiger partial charge in [0.15, 0.2) is 0 Å². The van der Waals surface area contributed by atoms with Gasteiger partial charge in [-0.05, 0) is 54.1 Å². The standard InChI is InChI=1S/C23H19Cl2N3O/c1-28-12-16(10-14-2-6-17(24)7-3-14)22-20(13-28)21(19(11-26)23(27)29-22)15-4-8-18(25)9-5-15/h2-10,21H,12-13,27H2,1H3/b16-10+. The normalized spacial score (nSPS) is 21.0. The van der Waals surface area contributed by atoms with Crippen LogP contribution in [0.25, 0.3) is 6.08 Å². The Labute approximate surface area is 180 Å². The summed E-state index contributed by atoms with van der Waals surface area (Å²) in [5.74, 6) is 0.629. The first-order valence-corrected chi connectivity index (χ1v) is 9.93. The van der Waals surface area contributed by atoms with E-state index >= 15 is 0 Å². The average molecular weight is 424 g/mol. The second kappa shape index (κ2) is 7.96. The number of likely N-dealkylation sites (N-methyl/N-ethyl adjacent to an activating group) is 1. The highest BCUT2D eigenvalue weighted by molar-refractivity contribution is 6.30. The van der Waals surface area contributed by atoms with Crippen molar-refractivity contribution >= 4 is 29.3 Å². The van der Waals surface area contributed by atoms with E-state index in [-0.39, 0.29) is 11.8 Å². The van der Waals surface area contributed by atoms with Crippen molar-refractivity contribution in [2.75, 3.05) is 20.1 Å². The summed E-state index contributed by atoms with van der Waals surface area (Å²) in [5, 5.41) is 11.1. The number of allylic oxidation sites excluding steroid dienone is 1. The van der Waals surface area contributed by atoms with Crippen molar-refractivity contribution in [2.45, 2.75) is 5.92 Å². The molecule has 0 aromatic heterocycles. The van der Waals surface area contributed by atoms with Gasteiger partial charge in [0.2, 0.25) is 5.88 Å². The van der Waals surface area contributed by atoms with E-state index in [4.69, 9.17) is 33.7 Å². The second-order valence-corrected chi connectivity index (χ2v) is 8.10. The molecule has 4 rings (SSSR count). The van der Waals surface area contributed by atoms with Crippen molar-refractivity contribution < 1.29 is 4.74 Å². The Morgan fingerprint density at radius 3 is 2.31 bits per heavy atom. The van der Waals surface area contributed by atoms with Crippen LogP contribution in [0.15, 0.2) is 76.9 Å². The maximum atomic E-state index is 9.77. The van der Waals surface area contributed by atoms with Gasteiger partial charge in [-0.1, -0.05) is 47.5 Å². The second-order valence-electron chi connectivity index (χ2n) is 7.22. The number of hydrogen-bond acceptors (Lipinski definition) is 4. The van der Waals surface area contributed by atoms with Gasteiger partial charge < -0.3 is 10.5 Å². The molecular formula is C23H19Cl2N3O. The smallest absolute Gasteiger partial charge is 0.205 e. The van der Waals surface area contributed by atoms with Crippen LogP contribution in [-0.2, 0) is 4.74 Å². The van der Waals surface area contributed by atoms with Crippen LogP contribution in [0.5, 0.6) is 0 Å². The third-order valence-electron chi connectivity index (χ3n) is 5.11. The fourth-order valence-electron chi connectivity index (χ4n) is 3.84. The first-order valence-electron chi connectivity index (χ1n) is 9.17. The van der Waals surface area contributed by atoms with Crippen LogP contribution in [0, 0.1) is 11.3 Å². The van der Waals surface area contributed by atoms with Crippen LogP contribution in [0.3, 0.4) is 0 Å². The summed E-state index contributed by atoms with van der Waals surface area (Å²) in [6.07, 6.45) is 2.07. The Morgan fingerprint density at radius 2 is 1.69 bits per heavy atom. The van der Waals surface area contributed by atoms with E-state index in [1.165, 1.54) is 0 Å². The number of benzene rings is 2. The lowest BCUT2D eigenvalue weighted by molar-refractivity contribution is 0.251. The van der Waals surface area contributed by atoms with Gasteiger partial charge >= 0.3 is 0 Å². The van der Waals surface area contributed by atoms with Gasteiger partial charge in [0.05, 0.1) is 5.92 Å². The SMILES string of the molecule is CN1CC2=C(OC(N)=C(C#N)C2c2ccc(Cl)cc2)/C(=C/c2ccc(Cl)cc2)C1. The molecule has 0 saturated heterocycles. The quantitative estimate of drug-likeness (QED) is 0.730. The molecule has 2 aromatic carbocycles. The number of nitrogens with two attached hydrogens (primary N) is 1. The van der Waals surface area contributed by atoms with Crippen molar-refractivity contribution in [3.8, 4) is 6.07 Å². The van der Waals surface area contributed by atoms with Gasteiger partial charge in [0.25, 0.3) is 0 Å². The molecule has 2 N–H and O–H groups in total. The summed E-state index contributed by atoms with van der Waals surface area (Å²) < 4.78 is 5.99. The molecule has 2 heterocycles. The zero-order valence-corrected chi connectivity index (χ0v) is 17.3. The van der Waals surface area contributed by atoms with E-state index in [1.54, 1.807) is 0 Å². The molecule has 0 aliphatic carbocycles. The summed E-state index contributed by atoms with van der Waals surface area (Å²) in [6, 6.07) is 17.4. The Kier molecular flexibility index (Phi) is 5.38. The molecule has 6 heteroatoms. The van der Waals surface area contributed by atoms with Gasteiger partial charge in [0, 0.05) is 28.7 Å². The highest BCUT2D eigenvalue weighted by atomic mass is 35.5. The van der Waals surface area contributed by atoms with Crippen LogP contribution in [-0.4, -0.2) is 25.0 Å². The van der Waals surface area contributed by atoms with Crippen LogP contribution in [0.2, 0.25) is 10.0 Å². The summed E-state index contributed by atoms with van der Waals surface area (Å²) >= 11 is 12.1. The molecule has 0 saturated carbocycles. The Bertz CT molecular complexity index is 1080. The predicted octanol–water partition coefficient (Wildman–Crippen LogP) is 5.08. The third-order valence-corrected chi connectivity index (χ3v) is 5.62. The number of halogens is 2. The molecule has 2 aliphatic heterocycles. The fourth-order valence-corrected chi connectivity index (χ4v) is 4.09. The number of nitrogens with zero attached hydrogens (tertiary/aromatic N) is 2. The minimum Gasteiger partial charge on any atom is -0.440 e. The largest absolute Gasteiger partial charge is 0.440 e. The van der Waals surface area contributed by atoms with Crippen LogP contribution >= 0.6 is 23.2 Å². The zero-order chi connectivity index (χ0) is 20.5. The minimum absolute atomic E-state index is 0.151. The fraction of sp³-hybridized carbons (Fsp3) is 0.174. The first-order chi connectivity index (χ1) is 14.0. The molecule has 0 fully saturated rings. The Morgan fingerprint density at radius 1 is 1.07 bits per heavy atom. The number of hydrogen-bond donors (Lipinski definition) is 1. The molecule has 1 atom stereocenters. The number of ether oxygens (including phenoxy) is 1. The highest BCUT2D eigenvalue weighted by Gasteiger charge is 2.36. The molecule has 1 unspecified atom stereocenters. The maximum absolute atomic E-state index is 9.77. The maximum Gasteiger partial charge on any atom is 0.205 e. The van der Waals surface area contributed by atoms with E-state index in [0.29, 0.717) is 28.7 Å². The average Bonchev–Trinajstić information content (AvgIpc) is 2.70. The summed E-state index contributed by atoms with van der Waals surface area (Å²) in [4.78, 5) is 2.20. The lowest BCUT2D eigenvalue weighted by Crippen LogP contribution is -2.35. The van der Waals surface area contributed by atoms with Gasteiger partial charge in [-0.2, -0.15) is 5.26 Å². The molecule has 29 heavy (non-hydrogen) atoms. The van der Waals surface area contributed by atoms with Gasteiger partial charge in [-0.15, -0.1) is 0 Å². The molecule has 2 aliphatic rings. The van der Waals surface area contributed by atoms with E-state index in [0.717, 1.165) is 28.0 Å². The molecule has 4 nitrogen and oxygen atoms in total. The third kappa shape index (κ3) is 3.90. The molecular weight excluding hydrogens is 405 g/mol. The molecule has 2 aromatic rings. The van der Waals surface area contributed by atoms with Gasteiger partial charge in [-0.25, -0.2) is 0 Å². The van der Waals surface area contributed by atoms with Crippen molar-refractivity contribution in [2.24, 2.45) is 5.73 Å². The van der Waals surface area contributed by atoms with E-state index in [2.05, 4.69) is 17.0 Å². The number of rotatable bonds is 2. The van der Waals surface area contributed by atoms with E-state index in [1.807, 2.05) is 55.6 Å². The number of nitriles is 1. The van der Waals surface area contributed by atoms with Crippen molar-refractivity contribution in [1.29, 1.82) is 5.26 Å². The minimum atomic E-state index is -0.266. The lowest BCUT2D eigenvalue weighted by atomic mass is 9.80. The summed E-state index contributed by atoms with van der Waals surface area (Å²) in [5.41, 5.74) is 10.6. The predicted molar refractivity (Wildman–Crippen MR) is 116 cm³/mol. The monoisotopic (exact) mass is 423 g/mol. The summed E-state index contributed by atoms with van der Waals surface area (Å²) in [6.45, 7) is 1.39. The van der Waals surface area contributed by atoms with Gasteiger partial charge in [0.1, 0.15) is 17.4 Å². The zero-order valence-electron chi connectivity index (χ0n) is 15.8. The van der Waals surface area contributed by atoms with Crippen molar-refractivity contribution in [1.82, 2.24) is 4.90 Å². The molecule has 0 radical (unpaired) electrons. The van der Waals surface area contributed by atoms with Crippen LogP contribution < -0.4 is 5.73 Å². The molecule has 0 amide bonds. The molecule has 0 bridgehead atoms. The molecule has 146 valence electrons. The molecule has 0 spiro atoms. The van der Waals surface area contributed by atoms with Crippen LogP contribution in [0.1, 0.15) is 17.0 Å². The van der Waals surface area contributed by atoms with Crippen molar-refractivity contribution in [3.05, 3.63) is 98.1 Å². The Hall–Kier alpha value is -2.71. The Balaban J connectivity index is 1.85. The van der Waals surface area contributed by atoms with Crippen LogP contribution in [0.4, 0.5) is 0 Å². The van der Waals surface area contributed by atoms with E-state index in [9.17, 15) is 5.26 Å². The van der Waals surface area contributed by atoms with Crippen molar-refractivity contribution in [3.63, 3.8) is 0 Å². The van der Waals surface area contributed by atoms with E-state index < -0.39 is 0 Å². The highest BCUT2D eigenvalue weighted by Crippen LogP contribution is 2.43. The first kappa shape index (κ1) is 19.6.